The molecule has 2 atom stereocenters. The van der Waals surface area contributed by atoms with Crippen LogP contribution in [0.25, 0.3) is 11.1 Å². The van der Waals surface area contributed by atoms with E-state index in [4.69, 9.17) is 0 Å². The van der Waals surface area contributed by atoms with Gasteiger partial charge in [-0.15, -0.1) is 0 Å². The van der Waals surface area contributed by atoms with Crippen LogP contribution >= 0.6 is 0 Å². The Morgan fingerprint density at radius 3 is 2.52 bits per heavy atom. The molecule has 0 bridgehead atoms. The molecule has 0 unspecified atom stereocenters. The van der Waals surface area contributed by atoms with Gasteiger partial charge in [0.1, 0.15) is 6.33 Å². The van der Waals surface area contributed by atoms with Crippen LogP contribution in [-0.4, -0.2) is 22.4 Å². The topological polar surface area (TPSA) is 54.9 Å². The molecule has 1 aliphatic carbocycles. The van der Waals surface area contributed by atoms with Gasteiger partial charge in [-0.1, -0.05) is 48.5 Å². The molecule has 1 N–H and O–H groups in total. The fourth-order valence-corrected chi connectivity index (χ4v) is 3.27. The quantitative estimate of drug-likeness (QED) is 0.777. The van der Waals surface area contributed by atoms with E-state index in [-0.39, 0.29) is 5.91 Å². The molecule has 0 radical (unpaired) electrons. The van der Waals surface area contributed by atoms with Crippen molar-refractivity contribution in [2.75, 3.05) is 6.54 Å². The molecule has 1 fully saturated rings. The molecule has 4 heteroatoms. The van der Waals surface area contributed by atoms with Crippen molar-refractivity contribution in [1.29, 1.82) is 0 Å². The van der Waals surface area contributed by atoms with Crippen LogP contribution in [0, 0.1) is 5.92 Å². The lowest BCUT2D eigenvalue weighted by molar-refractivity contribution is 0.0952. The summed E-state index contributed by atoms with van der Waals surface area (Å²) in [7, 11) is 0. The lowest BCUT2D eigenvalue weighted by atomic mass is 10.0. The van der Waals surface area contributed by atoms with E-state index in [2.05, 4.69) is 39.6 Å². The first-order valence-corrected chi connectivity index (χ1v) is 8.50. The van der Waals surface area contributed by atoms with Crippen molar-refractivity contribution >= 4 is 5.91 Å². The molecule has 1 heterocycles. The lowest BCUT2D eigenvalue weighted by Crippen LogP contribution is -2.26. The first-order chi connectivity index (χ1) is 12.3. The molecule has 1 saturated carbocycles. The number of hydrogen-bond acceptors (Lipinski definition) is 3. The molecule has 2 aromatic carbocycles. The summed E-state index contributed by atoms with van der Waals surface area (Å²) in [6.45, 7) is 0.706. The number of carbonyl (C=O) groups excluding carboxylic acids is 1. The molecule has 0 saturated heterocycles. The first-order valence-electron chi connectivity index (χ1n) is 8.50. The van der Waals surface area contributed by atoms with Crippen molar-refractivity contribution in [2.24, 2.45) is 5.92 Å². The number of hydrogen-bond donors (Lipinski definition) is 1. The zero-order valence-corrected chi connectivity index (χ0v) is 13.8. The van der Waals surface area contributed by atoms with Crippen molar-refractivity contribution in [1.82, 2.24) is 15.3 Å². The highest BCUT2D eigenvalue weighted by Crippen LogP contribution is 2.46. The summed E-state index contributed by atoms with van der Waals surface area (Å²) in [6.07, 6.45) is 6.08. The largest absolute Gasteiger partial charge is 0.352 e. The predicted molar refractivity (Wildman–Crippen MR) is 97.1 cm³/mol. The number of nitrogens with zero attached hydrogens (tertiary/aromatic N) is 2. The van der Waals surface area contributed by atoms with Gasteiger partial charge >= 0.3 is 0 Å². The standard InChI is InChI=1S/C21H19N3O/c25-21(24-13-16-10-20(16)15-6-2-1-3-7-15)19-9-5-4-8-18(19)17-11-22-14-23-12-17/h1-9,11-12,14,16,20H,10,13H2,(H,24,25)/t16-,20+/m0/s1. The SMILES string of the molecule is O=C(NC[C@@H]1C[C@@H]1c1ccccc1)c1ccccc1-c1cncnc1. The van der Waals surface area contributed by atoms with Crippen LogP contribution in [0.3, 0.4) is 0 Å². The number of aromatic nitrogens is 2. The Balaban J connectivity index is 1.43. The maximum Gasteiger partial charge on any atom is 0.251 e. The molecule has 3 aromatic rings. The molecule has 25 heavy (non-hydrogen) atoms. The molecule has 1 amide bonds. The van der Waals surface area contributed by atoms with Gasteiger partial charge in [0.25, 0.3) is 5.91 Å². The number of nitrogens with one attached hydrogen (secondary N) is 1. The normalized spacial score (nSPS) is 18.6. The second-order valence-electron chi connectivity index (χ2n) is 6.40. The summed E-state index contributed by atoms with van der Waals surface area (Å²) < 4.78 is 0. The Bertz CT molecular complexity index is 865. The van der Waals surface area contributed by atoms with Crippen molar-refractivity contribution in [3.8, 4) is 11.1 Å². The van der Waals surface area contributed by atoms with E-state index in [1.807, 2.05) is 30.3 Å². The fourth-order valence-electron chi connectivity index (χ4n) is 3.27. The molecule has 124 valence electrons. The van der Waals surface area contributed by atoms with Crippen LogP contribution in [0.1, 0.15) is 28.3 Å². The average Bonchev–Trinajstić information content (AvgIpc) is 3.47. The third kappa shape index (κ3) is 3.43. The van der Waals surface area contributed by atoms with Gasteiger partial charge in [-0.25, -0.2) is 9.97 Å². The summed E-state index contributed by atoms with van der Waals surface area (Å²) in [4.78, 5) is 20.8. The Kier molecular flexibility index (Phi) is 4.25. The van der Waals surface area contributed by atoms with Crippen LogP contribution in [-0.2, 0) is 0 Å². The van der Waals surface area contributed by atoms with Gasteiger partial charge in [-0.3, -0.25) is 4.79 Å². The molecule has 1 aliphatic rings. The molecule has 1 aromatic heterocycles. The Morgan fingerprint density at radius 1 is 1.00 bits per heavy atom. The lowest BCUT2D eigenvalue weighted by Gasteiger charge is -2.10. The van der Waals surface area contributed by atoms with E-state index in [0.717, 1.165) is 17.5 Å². The highest BCUT2D eigenvalue weighted by molar-refractivity contribution is 6.00. The van der Waals surface area contributed by atoms with Gasteiger partial charge in [0.05, 0.1) is 0 Å². The summed E-state index contributed by atoms with van der Waals surface area (Å²) in [5, 5.41) is 3.09. The Labute approximate surface area is 147 Å². The number of amides is 1. The van der Waals surface area contributed by atoms with Crippen molar-refractivity contribution in [2.45, 2.75) is 12.3 Å². The van der Waals surface area contributed by atoms with Gasteiger partial charge < -0.3 is 5.32 Å². The molecule has 0 spiro atoms. The van der Waals surface area contributed by atoms with E-state index in [9.17, 15) is 4.79 Å². The summed E-state index contributed by atoms with van der Waals surface area (Å²) >= 11 is 0. The minimum Gasteiger partial charge on any atom is -0.352 e. The highest BCUT2D eigenvalue weighted by atomic mass is 16.1. The number of rotatable bonds is 5. The average molecular weight is 329 g/mol. The van der Waals surface area contributed by atoms with Gasteiger partial charge in [-0.05, 0) is 35.4 Å². The monoisotopic (exact) mass is 329 g/mol. The van der Waals surface area contributed by atoms with Gasteiger partial charge in [-0.2, -0.15) is 0 Å². The minimum atomic E-state index is -0.0434. The van der Waals surface area contributed by atoms with Crippen LogP contribution < -0.4 is 5.32 Å². The van der Waals surface area contributed by atoms with Gasteiger partial charge in [0.2, 0.25) is 0 Å². The van der Waals surface area contributed by atoms with E-state index in [1.54, 1.807) is 12.4 Å². The van der Waals surface area contributed by atoms with Crippen LogP contribution in [0.15, 0.2) is 73.3 Å². The van der Waals surface area contributed by atoms with Crippen molar-refractivity contribution in [3.63, 3.8) is 0 Å². The maximum atomic E-state index is 12.7. The maximum absolute atomic E-state index is 12.7. The molecule has 4 rings (SSSR count). The van der Waals surface area contributed by atoms with Crippen LogP contribution in [0.5, 0.6) is 0 Å². The first kappa shape index (κ1) is 15.5. The van der Waals surface area contributed by atoms with E-state index >= 15 is 0 Å². The minimum absolute atomic E-state index is 0.0434. The third-order valence-electron chi connectivity index (χ3n) is 4.72. The van der Waals surface area contributed by atoms with Crippen molar-refractivity contribution < 1.29 is 4.79 Å². The summed E-state index contributed by atoms with van der Waals surface area (Å²) in [5.41, 5.74) is 3.73. The summed E-state index contributed by atoms with van der Waals surface area (Å²) in [6, 6.07) is 18.1. The van der Waals surface area contributed by atoms with Crippen LogP contribution in [0.4, 0.5) is 0 Å². The Hall–Kier alpha value is -3.01. The Morgan fingerprint density at radius 2 is 1.72 bits per heavy atom. The second kappa shape index (κ2) is 6.85. The fraction of sp³-hybridized carbons (Fsp3) is 0.190. The molecule has 4 nitrogen and oxygen atoms in total. The zero-order valence-electron chi connectivity index (χ0n) is 13.8. The number of carbonyl (C=O) groups is 1. The van der Waals surface area contributed by atoms with E-state index < -0.39 is 0 Å². The van der Waals surface area contributed by atoms with Crippen molar-refractivity contribution in [3.05, 3.63) is 84.4 Å². The molecule has 0 aliphatic heterocycles. The van der Waals surface area contributed by atoms with Crippen LogP contribution in [0.2, 0.25) is 0 Å². The predicted octanol–water partition coefficient (Wildman–Crippen LogP) is 3.68. The smallest absolute Gasteiger partial charge is 0.251 e. The zero-order chi connectivity index (χ0) is 17.1. The highest BCUT2D eigenvalue weighted by Gasteiger charge is 2.38. The van der Waals surface area contributed by atoms with E-state index in [1.165, 1.54) is 11.9 Å². The summed E-state index contributed by atoms with van der Waals surface area (Å²) in [5.74, 6) is 1.05. The molecular formula is C21H19N3O. The van der Waals surface area contributed by atoms with Gasteiger partial charge in [0, 0.05) is 30.1 Å². The van der Waals surface area contributed by atoms with E-state index in [0.29, 0.717) is 23.9 Å². The molecular weight excluding hydrogens is 310 g/mol. The third-order valence-corrected chi connectivity index (χ3v) is 4.72. The number of benzene rings is 2. The van der Waals surface area contributed by atoms with Gasteiger partial charge in [0.15, 0.2) is 0 Å². The second-order valence-corrected chi connectivity index (χ2v) is 6.40.